The van der Waals surface area contributed by atoms with Crippen molar-refractivity contribution in [3.63, 3.8) is 0 Å². The monoisotopic (exact) mass is 667 g/mol. The van der Waals surface area contributed by atoms with Crippen molar-refractivity contribution in [2.24, 2.45) is 0 Å². The van der Waals surface area contributed by atoms with E-state index in [4.69, 9.17) is 14.2 Å². The molecule has 0 spiro atoms. The molecule has 0 heterocycles. The Kier molecular flexibility index (Phi) is 36.0. The van der Waals surface area contributed by atoms with E-state index in [0.29, 0.717) is 19.3 Å². The minimum absolute atomic E-state index is 0.0646. The Labute approximate surface area is 291 Å². The van der Waals surface area contributed by atoms with Crippen molar-refractivity contribution >= 4 is 17.9 Å². The lowest BCUT2D eigenvalue weighted by Gasteiger charge is -2.18. The van der Waals surface area contributed by atoms with Crippen molar-refractivity contribution in [2.75, 3.05) is 13.2 Å². The normalized spacial score (nSPS) is 11.8. The van der Waals surface area contributed by atoms with Crippen LogP contribution in [-0.2, 0) is 28.6 Å². The quantitative estimate of drug-likeness (QED) is 0.0373. The zero-order valence-electron chi connectivity index (χ0n) is 31.6. The first-order chi connectivity index (χ1) is 23.0. The van der Waals surface area contributed by atoms with Gasteiger partial charge in [-0.3, -0.25) is 14.4 Å². The van der Waals surface area contributed by atoms with Gasteiger partial charge in [-0.25, -0.2) is 0 Å². The molecule has 0 aromatic rings. The SMILES string of the molecule is CCCCCCCCCCCCCCCCCC(=O)OC[C@H](COC(=O)CCCCCCC)OC(=O)CCCCCCCCCCC. The van der Waals surface area contributed by atoms with Crippen LogP contribution in [0, 0.1) is 0 Å². The number of rotatable bonds is 37. The van der Waals surface area contributed by atoms with E-state index in [9.17, 15) is 14.4 Å². The highest BCUT2D eigenvalue weighted by Gasteiger charge is 2.19. The number of esters is 3. The summed E-state index contributed by atoms with van der Waals surface area (Å²) in [5.41, 5.74) is 0. The summed E-state index contributed by atoms with van der Waals surface area (Å²) in [6, 6.07) is 0. The molecule has 6 heteroatoms. The summed E-state index contributed by atoms with van der Waals surface area (Å²) in [5, 5.41) is 0. The van der Waals surface area contributed by atoms with E-state index in [1.54, 1.807) is 0 Å². The first-order valence-electron chi connectivity index (χ1n) is 20.5. The number of hydrogen-bond donors (Lipinski definition) is 0. The van der Waals surface area contributed by atoms with Gasteiger partial charge in [0.15, 0.2) is 6.10 Å². The fraction of sp³-hybridized carbons (Fsp3) is 0.927. The van der Waals surface area contributed by atoms with Gasteiger partial charge in [-0.1, -0.05) is 188 Å². The Balaban J connectivity index is 4.17. The zero-order valence-corrected chi connectivity index (χ0v) is 31.6. The van der Waals surface area contributed by atoms with Gasteiger partial charge in [0, 0.05) is 19.3 Å². The third-order valence-corrected chi connectivity index (χ3v) is 9.11. The molecule has 0 amide bonds. The summed E-state index contributed by atoms with van der Waals surface area (Å²) in [7, 11) is 0. The summed E-state index contributed by atoms with van der Waals surface area (Å²) in [5.74, 6) is -0.875. The molecule has 0 aliphatic heterocycles. The van der Waals surface area contributed by atoms with Crippen LogP contribution in [0.3, 0.4) is 0 Å². The van der Waals surface area contributed by atoms with Gasteiger partial charge in [-0.15, -0.1) is 0 Å². The smallest absolute Gasteiger partial charge is 0.306 e. The van der Waals surface area contributed by atoms with Crippen molar-refractivity contribution in [3.05, 3.63) is 0 Å². The molecule has 47 heavy (non-hydrogen) atoms. The third-order valence-electron chi connectivity index (χ3n) is 9.11. The second kappa shape index (κ2) is 37.2. The maximum Gasteiger partial charge on any atom is 0.306 e. The van der Waals surface area contributed by atoms with Crippen molar-refractivity contribution in [2.45, 2.75) is 232 Å². The number of hydrogen-bond acceptors (Lipinski definition) is 6. The van der Waals surface area contributed by atoms with Crippen LogP contribution in [0.25, 0.3) is 0 Å². The molecule has 0 aliphatic rings. The number of ether oxygens (including phenoxy) is 3. The zero-order chi connectivity index (χ0) is 34.5. The van der Waals surface area contributed by atoms with Gasteiger partial charge in [-0.05, 0) is 19.3 Å². The van der Waals surface area contributed by atoms with E-state index in [2.05, 4.69) is 20.8 Å². The molecule has 0 aromatic heterocycles. The highest BCUT2D eigenvalue weighted by atomic mass is 16.6. The van der Waals surface area contributed by atoms with Gasteiger partial charge < -0.3 is 14.2 Å². The van der Waals surface area contributed by atoms with Crippen LogP contribution >= 0.6 is 0 Å². The second-order valence-electron chi connectivity index (χ2n) is 13.9. The predicted molar refractivity (Wildman–Crippen MR) is 197 cm³/mol. The number of unbranched alkanes of at least 4 members (excludes halogenated alkanes) is 26. The largest absolute Gasteiger partial charge is 0.462 e. The van der Waals surface area contributed by atoms with Gasteiger partial charge in [0.1, 0.15) is 13.2 Å². The summed E-state index contributed by atoms with van der Waals surface area (Å²) >= 11 is 0. The highest BCUT2D eigenvalue weighted by Crippen LogP contribution is 2.15. The average molecular weight is 667 g/mol. The first kappa shape index (κ1) is 45.4. The van der Waals surface area contributed by atoms with Crippen LogP contribution in [0.5, 0.6) is 0 Å². The minimum Gasteiger partial charge on any atom is -0.462 e. The Morgan fingerprint density at radius 1 is 0.340 bits per heavy atom. The molecule has 0 bridgehead atoms. The van der Waals surface area contributed by atoms with E-state index in [1.165, 1.54) is 122 Å². The molecule has 0 aromatic carbocycles. The van der Waals surface area contributed by atoms with Crippen molar-refractivity contribution in [1.82, 2.24) is 0 Å². The molecule has 0 radical (unpaired) electrons. The Morgan fingerprint density at radius 2 is 0.574 bits per heavy atom. The summed E-state index contributed by atoms with van der Waals surface area (Å²) in [4.78, 5) is 37.2. The third kappa shape index (κ3) is 35.5. The van der Waals surface area contributed by atoms with Gasteiger partial charge >= 0.3 is 17.9 Å². The van der Waals surface area contributed by atoms with Crippen LogP contribution in [-0.4, -0.2) is 37.2 Å². The fourth-order valence-corrected chi connectivity index (χ4v) is 5.97. The van der Waals surface area contributed by atoms with Gasteiger partial charge in [0.2, 0.25) is 0 Å². The maximum absolute atomic E-state index is 12.5. The van der Waals surface area contributed by atoms with Crippen molar-refractivity contribution < 1.29 is 28.6 Å². The molecular weight excluding hydrogens is 588 g/mol. The van der Waals surface area contributed by atoms with Crippen molar-refractivity contribution in [3.8, 4) is 0 Å². The van der Waals surface area contributed by atoms with Crippen LogP contribution in [0.15, 0.2) is 0 Å². The lowest BCUT2D eigenvalue weighted by atomic mass is 10.0. The minimum atomic E-state index is -0.755. The highest BCUT2D eigenvalue weighted by molar-refractivity contribution is 5.71. The van der Waals surface area contributed by atoms with Crippen molar-refractivity contribution in [1.29, 1.82) is 0 Å². The van der Waals surface area contributed by atoms with Gasteiger partial charge in [-0.2, -0.15) is 0 Å². The molecule has 6 nitrogen and oxygen atoms in total. The molecule has 0 aliphatic carbocycles. The van der Waals surface area contributed by atoms with Crippen LogP contribution < -0.4 is 0 Å². The summed E-state index contributed by atoms with van der Waals surface area (Å²) in [6.07, 6.45) is 35.4. The maximum atomic E-state index is 12.5. The number of carbonyl (C=O) groups excluding carboxylic acids is 3. The van der Waals surface area contributed by atoms with E-state index in [1.807, 2.05) is 0 Å². The molecule has 0 N–H and O–H groups in total. The molecular formula is C41H78O6. The number of carbonyl (C=O) groups is 3. The van der Waals surface area contributed by atoms with E-state index < -0.39 is 6.10 Å². The Morgan fingerprint density at radius 3 is 0.851 bits per heavy atom. The fourth-order valence-electron chi connectivity index (χ4n) is 5.97. The molecule has 1 atom stereocenters. The molecule has 278 valence electrons. The van der Waals surface area contributed by atoms with Gasteiger partial charge in [0.05, 0.1) is 0 Å². The first-order valence-corrected chi connectivity index (χ1v) is 20.5. The molecule has 0 fully saturated rings. The molecule has 0 saturated carbocycles. The standard InChI is InChI=1S/C41H78O6/c1-4-7-10-13-15-17-18-19-20-21-22-24-25-28-31-34-40(43)46-37-38(36-45-39(42)33-30-27-12-9-6-3)47-41(44)35-32-29-26-23-16-14-11-8-5-2/h38H,4-37H2,1-3H3/t38-/m0/s1. The topological polar surface area (TPSA) is 78.9 Å². The van der Waals surface area contributed by atoms with E-state index >= 15 is 0 Å². The summed E-state index contributed by atoms with van der Waals surface area (Å²) in [6.45, 7) is 6.54. The second-order valence-corrected chi connectivity index (χ2v) is 13.9. The van der Waals surface area contributed by atoms with Gasteiger partial charge in [0.25, 0.3) is 0 Å². The summed E-state index contributed by atoms with van der Waals surface area (Å²) < 4.78 is 16.5. The van der Waals surface area contributed by atoms with Crippen LogP contribution in [0.1, 0.15) is 226 Å². The predicted octanol–water partition coefficient (Wildman–Crippen LogP) is 12.5. The molecule has 0 unspecified atom stereocenters. The Hall–Kier alpha value is -1.59. The Bertz CT molecular complexity index is 693. The van der Waals surface area contributed by atoms with E-state index in [0.717, 1.165) is 64.2 Å². The molecule has 0 saturated heterocycles. The van der Waals surface area contributed by atoms with Crippen LogP contribution in [0.2, 0.25) is 0 Å². The van der Waals surface area contributed by atoms with Crippen LogP contribution in [0.4, 0.5) is 0 Å². The average Bonchev–Trinajstić information content (AvgIpc) is 3.06. The molecule has 0 rings (SSSR count). The lowest BCUT2D eigenvalue weighted by Crippen LogP contribution is -2.30. The van der Waals surface area contributed by atoms with E-state index in [-0.39, 0.29) is 31.1 Å². The lowest BCUT2D eigenvalue weighted by molar-refractivity contribution is -0.167.